The van der Waals surface area contributed by atoms with E-state index in [0.29, 0.717) is 13.0 Å². The van der Waals surface area contributed by atoms with Crippen LogP contribution in [0, 0.1) is 11.3 Å². The highest BCUT2D eigenvalue weighted by Gasteiger charge is 2.59. The Morgan fingerprint density at radius 1 is 1.62 bits per heavy atom. The molecule has 0 bridgehead atoms. The minimum atomic E-state index is -0.789. The van der Waals surface area contributed by atoms with E-state index >= 15 is 0 Å². The average molecular weight is 225 g/mol. The molecule has 1 heterocycles. The van der Waals surface area contributed by atoms with Gasteiger partial charge < -0.3 is 14.7 Å². The van der Waals surface area contributed by atoms with E-state index in [9.17, 15) is 14.7 Å². The van der Waals surface area contributed by atoms with E-state index in [1.54, 1.807) is 0 Å². The summed E-state index contributed by atoms with van der Waals surface area (Å²) in [7, 11) is 0. The molecule has 0 unspecified atom stereocenters. The quantitative estimate of drug-likeness (QED) is 0.730. The SMILES string of the molecule is C=CCOC(=O)N1C[C@H]2CC[C@@]2(C(=O)O)C1. The van der Waals surface area contributed by atoms with Crippen molar-refractivity contribution in [2.24, 2.45) is 11.3 Å². The average Bonchev–Trinajstić information content (AvgIpc) is 2.49. The molecule has 2 atom stereocenters. The fraction of sp³-hybridized carbons (Fsp3) is 0.636. The molecule has 1 amide bonds. The van der Waals surface area contributed by atoms with Crippen molar-refractivity contribution < 1.29 is 19.4 Å². The van der Waals surface area contributed by atoms with Gasteiger partial charge in [-0.15, -0.1) is 0 Å². The summed E-state index contributed by atoms with van der Waals surface area (Å²) >= 11 is 0. The third kappa shape index (κ3) is 1.47. The Labute approximate surface area is 93.7 Å². The van der Waals surface area contributed by atoms with E-state index in [2.05, 4.69) is 6.58 Å². The zero-order valence-corrected chi connectivity index (χ0v) is 9.02. The summed E-state index contributed by atoms with van der Waals surface area (Å²) in [5, 5.41) is 9.17. The Hall–Kier alpha value is -1.52. The second-order valence-electron chi connectivity index (χ2n) is 4.44. The van der Waals surface area contributed by atoms with Crippen molar-refractivity contribution in [3.63, 3.8) is 0 Å². The largest absolute Gasteiger partial charge is 0.481 e. The fourth-order valence-corrected chi connectivity index (χ4v) is 2.55. The molecule has 0 aromatic rings. The summed E-state index contributed by atoms with van der Waals surface area (Å²) in [5.74, 6) is -0.691. The van der Waals surface area contributed by atoms with Crippen LogP contribution in [-0.2, 0) is 9.53 Å². The topological polar surface area (TPSA) is 66.8 Å². The first-order chi connectivity index (χ1) is 7.60. The zero-order valence-electron chi connectivity index (χ0n) is 9.02. The molecule has 5 nitrogen and oxygen atoms in total. The Kier molecular flexibility index (Phi) is 2.61. The number of nitrogens with zero attached hydrogens (tertiary/aromatic N) is 1. The lowest BCUT2D eigenvalue weighted by Gasteiger charge is -2.39. The summed E-state index contributed by atoms with van der Waals surface area (Å²) in [6, 6.07) is 0. The lowest BCUT2D eigenvalue weighted by molar-refractivity contribution is -0.156. The number of ether oxygens (including phenoxy) is 1. The number of carbonyl (C=O) groups excluding carboxylic acids is 1. The lowest BCUT2D eigenvalue weighted by Crippen LogP contribution is -2.46. The number of carboxylic acids is 1. The number of hydrogen-bond donors (Lipinski definition) is 1. The summed E-state index contributed by atoms with van der Waals surface area (Å²) in [5.41, 5.74) is -0.701. The molecule has 2 rings (SSSR count). The van der Waals surface area contributed by atoms with Crippen LogP contribution in [-0.4, -0.2) is 41.8 Å². The second kappa shape index (κ2) is 3.81. The summed E-state index contributed by atoms with van der Waals surface area (Å²) in [4.78, 5) is 24.2. The molecule has 88 valence electrons. The Morgan fingerprint density at radius 3 is 2.81 bits per heavy atom. The van der Waals surface area contributed by atoms with Gasteiger partial charge in [0.2, 0.25) is 0 Å². The van der Waals surface area contributed by atoms with Crippen LogP contribution in [0.4, 0.5) is 4.79 Å². The van der Waals surface area contributed by atoms with Crippen molar-refractivity contribution in [3.05, 3.63) is 12.7 Å². The van der Waals surface area contributed by atoms with Crippen LogP contribution >= 0.6 is 0 Å². The molecule has 1 saturated heterocycles. The Balaban J connectivity index is 1.99. The maximum atomic E-state index is 11.6. The minimum absolute atomic E-state index is 0.0984. The Bertz CT molecular complexity index is 341. The number of likely N-dealkylation sites (tertiary alicyclic amines) is 1. The monoisotopic (exact) mass is 225 g/mol. The van der Waals surface area contributed by atoms with Gasteiger partial charge >= 0.3 is 12.1 Å². The number of carboxylic acid groups (broad SMARTS) is 1. The van der Waals surface area contributed by atoms with Crippen LogP contribution < -0.4 is 0 Å². The molecule has 0 spiro atoms. The first-order valence-electron chi connectivity index (χ1n) is 5.36. The fourth-order valence-electron chi connectivity index (χ4n) is 2.55. The number of aliphatic carboxylic acids is 1. The number of carbonyl (C=O) groups is 2. The molecule has 0 aromatic carbocycles. The third-order valence-electron chi connectivity index (χ3n) is 3.64. The van der Waals surface area contributed by atoms with Gasteiger partial charge in [0.1, 0.15) is 6.61 Å². The maximum Gasteiger partial charge on any atom is 0.410 e. The highest BCUT2D eigenvalue weighted by molar-refractivity contribution is 5.79. The summed E-state index contributed by atoms with van der Waals surface area (Å²) < 4.78 is 4.90. The molecule has 1 aliphatic carbocycles. The van der Waals surface area contributed by atoms with Gasteiger partial charge in [-0.1, -0.05) is 12.7 Å². The number of rotatable bonds is 3. The molecular weight excluding hydrogens is 210 g/mol. The molecule has 0 radical (unpaired) electrons. The van der Waals surface area contributed by atoms with Crippen molar-refractivity contribution in [1.82, 2.24) is 4.90 Å². The van der Waals surface area contributed by atoms with Crippen molar-refractivity contribution in [2.75, 3.05) is 19.7 Å². The molecule has 2 aliphatic rings. The predicted octanol–water partition coefficient (Wildman–Crippen LogP) is 1.11. The smallest absolute Gasteiger partial charge is 0.410 e. The van der Waals surface area contributed by atoms with E-state index < -0.39 is 17.5 Å². The van der Waals surface area contributed by atoms with Gasteiger partial charge in [0.15, 0.2) is 0 Å². The molecule has 0 aromatic heterocycles. The van der Waals surface area contributed by atoms with Gasteiger partial charge in [0.05, 0.1) is 5.41 Å². The van der Waals surface area contributed by atoms with Crippen molar-refractivity contribution >= 4 is 12.1 Å². The maximum absolute atomic E-state index is 11.6. The van der Waals surface area contributed by atoms with Gasteiger partial charge in [-0.2, -0.15) is 0 Å². The minimum Gasteiger partial charge on any atom is -0.481 e. The zero-order chi connectivity index (χ0) is 11.8. The van der Waals surface area contributed by atoms with Gasteiger partial charge in [-0.3, -0.25) is 4.79 Å². The van der Waals surface area contributed by atoms with E-state index in [-0.39, 0.29) is 19.1 Å². The van der Waals surface area contributed by atoms with Gasteiger partial charge in [0, 0.05) is 13.1 Å². The van der Waals surface area contributed by atoms with E-state index in [0.717, 1.165) is 6.42 Å². The van der Waals surface area contributed by atoms with E-state index in [1.807, 2.05) is 0 Å². The van der Waals surface area contributed by atoms with Gasteiger partial charge in [0.25, 0.3) is 0 Å². The first-order valence-corrected chi connectivity index (χ1v) is 5.36. The van der Waals surface area contributed by atoms with Crippen molar-refractivity contribution in [1.29, 1.82) is 0 Å². The predicted molar refractivity (Wildman–Crippen MR) is 55.9 cm³/mol. The number of hydrogen-bond acceptors (Lipinski definition) is 3. The molecular formula is C11H15NO4. The van der Waals surface area contributed by atoms with Crippen molar-refractivity contribution in [3.8, 4) is 0 Å². The standard InChI is InChI=1S/C11H15NO4/c1-2-5-16-10(15)12-6-8-3-4-11(8,7-12)9(13)14/h2,8H,1,3-7H2,(H,13,14)/t8-,11-/m1/s1. The van der Waals surface area contributed by atoms with Crippen LogP contribution in [0.3, 0.4) is 0 Å². The molecule has 1 aliphatic heterocycles. The number of fused-ring (bicyclic) bond motifs is 1. The molecule has 1 N–H and O–H groups in total. The van der Waals surface area contributed by atoms with Gasteiger partial charge in [-0.05, 0) is 18.8 Å². The molecule has 16 heavy (non-hydrogen) atoms. The lowest BCUT2D eigenvalue weighted by atomic mass is 9.62. The van der Waals surface area contributed by atoms with Crippen LogP contribution in [0.15, 0.2) is 12.7 Å². The second-order valence-corrected chi connectivity index (χ2v) is 4.44. The molecule has 2 fully saturated rings. The van der Waals surface area contributed by atoms with Crippen LogP contribution in [0.2, 0.25) is 0 Å². The summed E-state index contributed by atoms with van der Waals surface area (Å²) in [6.45, 7) is 4.40. The third-order valence-corrected chi connectivity index (χ3v) is 3.64. The highest BCUT2D eigenvalue weighted by atomic mass is 16.6. The summed E-state index contributed by atoms with van der Waals surface area (Å²) in [6.07, 6.45) is 2.61. The molecule has 1 saturated carbocycles. The van der Waals surface area contributed by atoms with Crippen molar-refractivity contribution in [2.45, 2.75) is 12.8 Å². The van der Waals surface area contributed by atoms with E-state index in [1.165, 1.54) is 11.0 Å². The van der Waals surface area contributed by atoms with Crippen LogP contribution in [0.25, 0.3) is 0 Å². The van der Waals surface area contributed by atoms with E-state index in [4.69, 9.17) is 4.74 Å². The van der Waals surface area contributed by atoms with Gasteiger partial charge in [-0.25, -0.2) is 4.79 Å². The van der Waals surface area contributed by atoms with Crippen LogP contribution in [0.5, 0.6) is 0 Å². The Morgan fingerprint density at radius 2 is 2.38 bits per heavy atom. The highest BCUT2D eigenvalue weighted by Crippen LogP contribution is 2.52. The molecule has 5 heteroatoms. The number of amides is 1. The normalized spacial score (nSPS) is 31.5. The van der Waals surface area contributed by atoms with Crippen LogP contribution in [0.1, 0.15) is 12.8 Å². The first kappa shape index (κ1) is 11.0.